The number of rotatable bonds is 5. The van der Waals surface area contributed by atoms with Gasteiger partial charge >= 0.3 is 5.97 Å². The lowest BCUT2D eigenvalue weighted by atomic mass is 10.1. The highest BCUT2D eigenvalue weighted by Crippen LogP contribution is 2.38. The Hall–Kier alpha value is -1.96. The van der Waals surface area contributed by atoms with Gasteiger partial charge in [-0.1, -0.05) is 29.3 Å². The van der Waals surface area contributed by atoms with Crippen LogP contribution in [-0.4, -0.2) is 35.7 Å². The Kier molecular flexibility index (Phi) is 6.05. The van der Waals surface area contributed by atoms with E-state index in [9.17, 15) is 13.2 Å². The van der Waals surface area contributed by atoms with Gasteiger partial charge in [0.05, 0.1) is 30.5 Å². The third kappa shape index (κ3) is 3.60. The highest BCUT2D eigenvalue weighted by molar-refractivity contribution is 7.93. The third-order valence-corrected chi connectivity index (χ3v) is 6.63. The van der Waals surface area contributed by atoms with Crippen LogP contribution in [0.2, 0.25) is 10.0 Å². The van der Waals surface area contributed by atoms with Gasteiger partial charge in [0.25, 0.3) is 10.0 Å². The number of halogens is 2. The zero-order valence-electron chi connectivity index (χ0n) is 14.5. The van der Waals surface area contributed by atoms with Gasteiger partial charge in [-0.15, -0.1) is 0 Å². The lowest BCUT2D eigenvalue weighted by Gasteiger charge is -2.23. The summed E-state index contributed by atoms with van der Waals surface area (Å²) in [6.45, 7) is 1.73. The van der Waals surface area contributed by atoms with Crippen molar-refractivity contribution in [2.24, 2.45) is 0 Å². The number of aryl methyl sites for hydroxylation is 1. The number of methoxy groups -OCH3 is 2. The average molecular weight is 418 g/mol. The summed E-state index contributed by atoms with van der Waals surface area (Å²) in [4.78, 5) is 11.6. The summed E-state index contributed by atoms with van der Waals surface area (Å²) in [7, 11) is -0.0106. The van der Waals surface area contributed by atoms with Crippen LogP contribution in [0.5, 0.6) is 5.75 Å². The number of esters is 1. The van der Waals surface area contributed by atoms with Gasteiger partial charge in [0.1, 0.15) is 15.7 Å². The largest absolute Gasteiger partial charge is 0.495 e. The van der Waals surface area contributed by atoms with Crippen LogP contribution in [-0.2, 0) is 14.8 Å². The number of carbonyl (C=O) groups is 1. The van der Waals surface area contributed by atoms with Gasteiger partial charge in [-0.3, -0.25) is 4.31 Å². The van der Waals surface area contributed by atoms with Crippen LogP contribution in [0.15, 0.2) is 35.2 Å². The predicted octanol–water partition coefficient (Wildman–Crippen LogP) is 3.92. The van der Waals surface area contributed by atoms with Crippen molar-refractivity contribution in [3.63, 3.8) is 0 Å². The van der Waals surface area contributed by atoms with E-state index in [1.54, 1.807) is 19.1 Å². The number of anilines is 1. The SMILES string of the molecule is COC(=O)c1ccc(C)c(N(C)S(=O)(=O)c2ccc(OC)c(Cl)c2Cl)c1. The van der Waals surface area contributed by atoms with Crippen LogP contribution < -0.4 is 9.04 Å². The molecule has 2 aromatic carbocycles. The van der Waals surface area contributed by atoms with Gasteiger partial charge in [-0.25, -0.2) is 13.2 Å². The topological polar surface area (TPSA) is 72.9 Å². The highest BCUT2D eigenvalue weighted by Gasteiger charge is 2.28. The molecule has 0 radical (unpaired) electrons. The number of nitrogens with zero attached hydrogens (tertiary/aromatic N) is 1. The van der Waals surface area contributed by atoms with Crippen LogP contribution in [0.25, 0.3) is 0 Å². The summed E-state index contributed by atoms with van der Waals surface area (Å²) in [6, 6.07) is 7.38. The molecule has 26 heavy (non-hydrogen) atoms. The maximum Gasteiger partial charge on any atom is 0.337 e. The van der Waals surface area contributed by atoms with Crippen LogP contribution in [0, 0.1) is 6.92 Å². The minimum atomic E-state index is -4.03. The first-order chi connectivity index (χ1) is 12.1. The molecular formula is C17H17Cl2NO5S. The Morgan fingerprint density at radius 2 is 1.73 bits per heavy atom. The second-order valence-corrected chi connectivity index (χ2v) is 8.05. The van der Waals surface area contributed by atoms with Gasteiger partial charge in [0, 0.05) is 7.05 Å². The molecule has 0 N–H and O–H groups in total. The van der Waals surface area contributed by atoms with Gasteiger partial charge in [-0.2, -0.15) is 0 Å². The molecule has 0 unspecified atom stereocenters. The molecule has 2 rings (SSSR count). The summed E-state index contributed by atoms with van der Waals surface area (Å²) in [5.74, 6) is -0.301. The van der Waals surface area contributed by atoms with Crippen molar-refractivity contribution in [1.82, 2.24) is 0 Å². The maximum absolute atomic E-state index is 13.0. The number of ether oxygens (including phenoxy) is 2. The number of hydrogen-bond donors (Lipinski definition) is 0. The maximum atomic E-state index is 13.0. The molecule has 0 fully saturated rings. The molecule has 6 nitrogen and oxygen atoms in total. The fraction of sp³-hybridized carbons (Fsp3) is 0.235. The molecule has 0 aliphatic rings. The molecule has 0 spiro atoms. The van der Waals surface area contributed by atoms with Gasteiger partial charge in [-0.05, 0) is 36.8 Å². The molecule has 0 bridgehead atoms. The normalized spacial score (nSPS) is 11.2. The summed E-state index contributed by atoms with van der Waals surface area (Å²) < 4.78 is 36.8. The molecular weight excluding hydrogens is 401 g/mol. The highest BCUT2D eigenvalue weighted by atomic mass is 35.5. The van der Waals surface area contributed by atoms with E-state index in [1.807, 2.05) is 0 Å². The molecule has 0 saturated carbocycles. The second-order valence-electron chi connectivity index (χ2n) is 5.36. The first-order valence-electron chi connectivity index (χ1n) is 7.35. The minimum absolute atomic E-state index is 0.00340. The molecule has 0 amide bonds. The number of benzene rings is 2. The monoisotopic (exact) mass is 417 g/mol. The van der Waals surface area contributed by atoms with E-state index in [-0.39, 0.29) is 26.3 Å². The van der Waals surface area contributed by atoms with Crippen molar-refractivity contribution in [2.75, 3.05) is 25.6 Å². The quantitative estimate of drug-likeness (QED) is 0.689. The van der Waals surface area contributed by atoms with Crippen molar-refractivity contribution in [1.29, 1.82) is 0 Å². The van der Waals surface area contributed by atoms with Crippen LogP contribution in [0.3, 0.4) is 0 Å². The van der Waals surface area contributed by atoms with Gasteiger partial charge < -0.3 is 9.47 Å². The van der Waals surface area contributed by atoms with E-state index in [4.69, 9.17) is 27.9 Å². The molecule has 0 saturated heterocycles. The summed E-state index contributed by atoms with van der Waals surface area (Å²) >= 11 is 12.2. The Labute approximate surface area is 162 Å². The number of hydrogen-bond acceptors (Lipinski definition) is 5. The lowest BCUT2D eigenvalue weighted by Crippen LogP contribution is -2.28. The zero-order valence-corrected chi connectivity index (χ0v) is 16.9. The van der Waals surface area contributed by atoms with Crippen molar-refractivity contribution in [3.05, 3.63) is 51.5 Å². The molecule has 140 valence electrons. The fourth-order valence-electron chi connectivity index (χ4n) is 2.34. The van der Waals surface area contributed by atoms with E-state index >= 15 is 0 Å². The fourth-order valence-corrected chi connectivity index (χ4v) is 4.41. The predicted molar refractivity (Wildman–Crippen MR) is 101 cm³/mol. The molecule has 0 aliphatic carbocycles. The molecule has 0 heterocycles. The molecule has 2 aromatic rings. The van der Waals surface area contributed by atoms with Crippen LogP contribution in [0.1, 0.15) is 15.9 Å². The third-order valence-electron chi connectivity index (χ3n) is 3.84. The number of sulfonamides is 1. The van der Waals surface area contributed by atoms with Crippen molar-refractivity contribution in [2.45, 2.75) is 11.8 Å². The first-order valence-corrected chi connectivity index (χ1v) is 9.54. The lowest BCUT2D eigenvalue weighted by molar-refractivity contribution is 0.0600. The summed E-state index contributed by atoms with van der Waals surface area (Å²) in [6.07, 6.45) is 0. The van der Waals surface area contributed by atoms with Crippen LogP contribution in [0.4, 0.5) is 5.69 Å². The van der Waals surface area contributed by atoms with E-state index in [0.717, 1.165) is 4.31 Å². The van der Waals surface area contributed by atoms with E-state index < -0.39 is 16.0 Å². The summed E-state index contributed by atoms with van der Waals surface area (Å²) in [5, 5.41) is -0.136. The van der Waals surface area contributed by atoms with E-state index in [0.29, 0.717) is 11.3 Å². The van der Waals surface area contributed by atoms with E-state index in [1.165, 1.54) is 39.5 Å². The standard InChI is InChI=1S/C17H17Cl2NO5S/c1-10-5-6-11(17(21)25-4)9-12(10)20(2)26(22,23)14-8-7-13(24-3)15(18)16(14)19/h5-9H,1-4H3. The Morgan fingerprint density at radius 3 is 2.31 bits per heavy atom. The number of carbonyl (C=O) groups excluding carboxylic acids is 1. The smallest absolute Gasteiger partial charge is 0.337 e. The van der Waals surface area contributed by atoms with Gasteiger partial charge in [0.15, 0.2) is 0 Å². The first kappa shape index (κ1) is 20.4. The second kappa shape index (κ2) is 7.73. The average Bonchev–Trinajstić information content (AvgIpc) is 2.62. The Bertz CT molecular complexity index is 960. The minimum Gasteiger partial charge on any atom is -0.495 e. The van der Waals surface area contributed by atoms with Gasteiger partial charge in [0.2, 0.25) is 0 Å². The van der Waals surface area contributed by atoms with Crippen molar-refractivity contribution >= 4 is 44.9 Å². The Morgan fingerprint density at radius 1 is 1.08 bits per heavy atom. The molecule has 0 aromatic heterocycles. The molecule has 0 aliphatic heterocycles. The van der Waals surface area contributed by atoms with E-state index in [2.05, 4.69) is 4.74 Å². The van der Waals surface area contributed by atoms with Crippen molar-refractivity contribution < 1.29 is 22.7 Å². The van der Waals surface area contributed by atoms with Crippen LogP contribution >= 0.6 is 23.2 Å². The molecule has 0 atom stereocenters. The zero-order chi connectivity index (χ0) is 19.6. The van der Waals surface area contributed by atoms with Crippen molar-refractivity contribution in [3.8, 4) is 5.75 Å². The summed E-state index contributed by atoms with van der Waals surface area (Å²) in [5.41, 5.74) is 1.20. The Balaban J connectivity index is 2.57. The molecule has 9 heteroatoms.